The van der Waals surface area contributed by atoms with E-state index in [1.54, 1.807) is 26.1 Å². The summed E-state index contributed by atoms with van der Waals surface area (Å²) in [7, 11) is 7.13. The Morgan fingerprint density at radius 3 is 2.62 bits per heavy atom. The summed E-state index contributed by atoms with van der Waals surface area (Å²) in [6.07, 6.45) is 0. The van der Waals surface area contributed by atoms with Gasteiger partial charge in [0.15, 0.2) is 0 Å². The zero-order valence-corrected chi connectivity index (χ0v) is 14.7. The number of hydrogen-bond donors (Lipinski definition) is 1. The molecule has 0 aromatic heterocycles. The highest BCUT2D eigenvalue weighted by atomic mass is 79.9. The molecule has 0 bridgehead atoms. The van der Waals surface area contributed by atoms with Crippen LogP contribution in [0.25, 0.3) is 0 Å². The van der Waals surface area contributed by atoms with E-state index < -0.39 is 0 Å². The van der Waals surface area contributed by atoms with Crippen molar-refractivity contribution < 1.29 is 9.53 Å². The van der Waals surface area contributed by atoms with E-state index in [-0.39, 0.29) is 5.91 Å². The molecule has 118 valence electrons. The van der Waals surface area contributed by atoms with E-state index in [0.717, 1.165) is 23.2 Å². The second kappa shape index (κ2) is 9.02. The van der Waals surface area contributed by atoms with Crippen LogP contribution in [0.3, 0.4) is 0 Å². The van der Waals surface area contributed by atoms with Gasteiger partial charge in [-0.2, -0.15) is 0 Å². The Morgan fingerprint density at radius 1 is 1.33 bits per heavy atom. The van der Waals surface area contributed by atoms with E-state index in [4.69, 9.17) is 4.74 Å². The summed E-state index contributed by atoms with van der Waals surface area (Å²) in [5.41, 5.74) is 2.19. The minimum absolute atomic E-state index is 0.0784. The van der Waals surface area contributed by atoms with Crippen molar-refractivity contribution in [3.05, 3.63) is 28.2 Å². The molecule has 0 heterocycles. The van der Waals surface area contributed by atoms with E-state index in [9.17, 15) is 4.79 Å². The molecule has 0 aliphatic rings. The number of benzene rings is 1. The normalized spacial score (nSPS) is 10.5. The highest BCUT2D eigenvalue weighted by Gasteiger charge is 2.12. The fourth-order valence-electron chi connectivity index (χ4n) is 1.81. The Labute approximate surface area is 135 Å². The lowest BCUT2D eigenvalue weighted by Gasteiger charge is -2.22. The molecule has 0 aliphatic carbocycles. The molecule has 0 spiro atoms. The van der Waals surface area contributed by atoms with Gasteiger partial charge in [0.2, 0.25) is 5.91 Å². The molecule has 0 atom stereocenters. The van der Waals surface area contributed by atoms with Gasteiger partial charge >= 0.3 is 0 Å². The molecule has 6 heteroatoms. The highest BCUT2D eigenvalue weighted by Crippen LogP contribution is 2.26. The van der Waals surface area contributed by atoms with Crippen LogP contribution in [0.15, 0.2) is 22.7 Å². The fraction of sp³-hybridized carbons (Fsp3) is 0.533. The number of carbonyl (C=O) groups excluding carboxylic acids is 1. The van der Waals surface area contributed by atoms with Gasteiger partial charge in [-0.15, -0.1) is 0 Å². The standard InChI is InChI=1S/C15H24BrN3O2/c1-18(2)15(20)11-19(3)14-6-5-12(9-13(14)16)10-17-7-8-21-4/h5-6,9,17H,7-8,10-11H2,1-4H3. The molecule has 0 aliphatic heterocycles. The number of rotatable bonds is 8. The summed E-state index contributed by atoms with van der Waals surface area (Å²) in [6.45, 7) is 2.68. The average molecular weight is 358 g/mol. The maximum atomic E-state index is 11.8. The first-order chi connectivity index (χ1) is 9.95. The summed E-state index contributed by atoms with van der Waals surface area (Å²) in [6, 6.07) is 6.17. The van der Waals surface area contributed by atoms with Crippen molar-refractivity contribution in [3.63, 3.8) is 0 Å². The molecule has 1 amide bonds. The Bertz CT molecular complexity index is 466. The lowest BCUT2D eigenvalue weighted by molar-refractivity contribution is -0.127. The van der Waals surface area contributed by atoms with Crippen LogP contribution in [0.1, 0.15) is 5.56 Å². The second-order valence-corrected chi connectivity index (χ2v) is 5.95. The topological polar surface area (TPSA) is 44.8 Å². The van der Waals surface area contributed by atoms with Crippen LogP contribution in [0.4, 0.5) is 5.69 Å². The number of nitrogens with zero attached hydrogens (tertiary/aromatic N) is 2. The molecule has 1 aromatic carbocycles. The lowest BCUT2D eigenvalue weighted by Crippen LogP contribution is -2.34. The minimum atomic E-state index is 0.0784. The molecular weight excluding hydrogens is 334 g/mol. The summed E-state index contributed by atoms with van der Waals surface area (Å²) >= 11 is 3.58. The SMILES string of the molecule is COCCNCc1ccc(N(C)CC(=O)N(C)C)c(Br)c1. The summed E-state index contributed by atoms with van der Waals surface area (Å²) in [5, 5.41) is 3.31. The number of halogens is 1. The smallest absolute Gasteiger partial charge is 0.241 e. The first-order valence-electron chi connectivity index (χ1n) is 6.85. The monoisotopic (exact) mass is 357 g/mol. The first kappa shape index (κ1) is 17.9. The zero-order chi connectivity index (χ0) is 15.8. The van der Waals surface area contributed by atoms with Crippen LogP contribution in [0.5, 0.6) is 0 Å². The van der Waals surface area contributed by atoms with Gasteiger partial charge in [0.05, 0.1) is 18.8 Å². The number of anilines is 1. The molecular formula is C15H24BrN3O2. The van der Waals surface area contributed by atoms with Gasteiger partial charge in [0, 0.05) is 45.8 Å². The number of ether oxygens (including phenoxy) is 1. The molecule has 0 fully saturated rings. The quantitative estimate of drug-likeness (QED) is 0.719. The van der Waals surface area contributed by atoms with Gasteiger partial charge in [-0.3, -0.25) is 4.79 Å². The maximum absolute atomic E-state index is 11.8. The molecule has 1 aromatic rings. The molecule has 21 heavy (non-hydrogen) atoms. The number of carbonyl (C=O) groups is 1. The van der Waals surface area contributed by atoms with Crippen molar-refractivity contribution in [1.29, 1.82) is 0 Å². The number of nitrogens with one attached hydrogen (secondary N) is 1. The summed E-state index contributed by atoms with van der Waals surface area (Å²) in [4.78, 5) is 15.3. The Kier molecular flexibility index (Phi) is 7.71. The maximum Gasteiger partial charge on any atom is 0.241 e. The summed E-state index contributed by atoms with van der Waals surface area (Å²) in [5.74, 6) is 0.0784. The zero-order valence-electron chi connectivity index (χ0n) is 13.1. The number of hydrogen-bond acceptors (Lipinski definition) is 4. The predicted molar refractivity (Wildman–Crippen MR) is 89.7 cm³/mol. The van der Waals surface area contributed by atoms with Gasteiger partial charge < -0.3 is 19.9 Å². The molecule has 1 N–H and O–H groups in total. The fourth-order valence-corrected chi connectivity index (χ4v) is 2.54. The summed E-state index contributed by atoms with van der Waals surface area (Å²) < 4.78 is 5.98. The van der Waals surface area contributed by atoms with E-state index in [2.05, 4.69) is 33.4 Å². The van der Waals surface area contributed by atoms with Crippen molar-refractivity contribution in [2.45, 2.75) is 6.54 Å². The molecule has 0 saturated heterocycles. The van der Waals surface area contributed by atoms with Gasteiger partial charge in [-0.1, -0.05) is 6.07 Å². The Morgan fingerprint density at radius 2 is 2.05 bits per heavy atom. The van der Waals surface area contributed by atoms with Crippen LogP contribution < -0.4 is 10.2 Å². The molecule has 1 rings (SSSR count). The molecule has 0 unspecified atom stereocenters. The molecule has 0 radical (unpaired) electrons. The van der Waals surface area contributed by atoms with Crippen molar-refractivity contribution in [2.24, 2.45) is 0 Å². The number of amides is 1. The Hall–Kier alpha value is -1.11. The lowest BCUT2D eigenvalue weighted by atomic mass is 10.2. The largest absolute Gasteiger partial charge is 0.383 e. The van der Waals surface area contributed by atoms with Crippen LogP contribution in [0, 0.1) is 0 Å². The van der Waals surface area contributed by atoms with Gasteiger partial charge in [-0.25, -0.2) is 0 Å². The van der Waals surface area contributed by atoms with E-state index >= 15 is 0 Å². The first-order valence-corrected chi connectivity index (χ1v) is 7.64. The third kappa shape index (κ3) is 6.03. The van der Waals surface area contributed by atoms with Crippen molar-refractivity contribution >= 4 is 27.5 Å². The van der Waals surface area contributed by atoms with Crippen molar-refractivity contribution in [3.8, 4) is 0 Å². The number of likely N-dealkylation sites (N-methyl/N-ethyl adjacent to an activating group) is 2. The second-order valence-electron chi connectivity index (χ2n) is 5.10. The van der Waals surface area contributed by atoms with Crippen LogP contribution >= 0.6 is 15.9 Å². The predicted octanol–water partition coefficient (Wildman–Crippen LogP) is 1.71. The minimum Gasteiger partial charge on any atom is -0.383 e. The van der Waals surface area contributed by atoms with Gasteiger partial charge in [0.1, 0.15) is 0 Å². The van der Waals surface area contributed by atoms with Crippen LogP contribution in [-0.4, -0.2) is 58.8 Å². The average Bonchev–Trinajstić information content (AvgIpc) is 2.43. The Balaban J connectivity index is 2.62. The van der Waals surface area contributed by atoms with E-state index in [1.165, 1.54) is 5.56 Å². The third-order valence-corrected chi connectivity index (χ3v) is 3.74. The molecule has 0 saturated carbocycles. The van der Waals surface area contributed by atoms with E-state index in [1.807, 2.05) is 18.0 Å². The number of methoxy groups -OCH3 is 1. The molecule has 5 nitrogen and oxygen atoms in total. The van der Waals surface area contributed by atoms with Crippen LogP contribution in [0.2, 0.25) is 0 Å². The van der Waals surface area contributed by atoms with Crippen molar-refractivity contribution in [2.75, 3.05) is 52.8 Å². The van der Waals surface area contributed by atoms with Crippen molar-refractivity contribution in [1.82, 2.24) is 10.2 Å². The van der Waals surface area contributed by atoms with Gasteiger partial charge in [0.25, 0.3) is 0 Å². The van der Waals surface area contributed by atoms with Gasteiger partial charge in [-0.05, 0) is 33.6 Å². The third-order valence-electron chi connectivity index (χ3n) is 3.11. The van der Waals surface area contributed by atoms with Crippen LogP contribution in [-0.2, 0) is 16.1 Å². The highest BCUT2D eigenvalue weighted by molar-refractivity contribution is 9.10. The van der Waals surface area contributed by atoms with E-state index in [0.29, 0.717) is 13.2 Å².